The van der Waals surface area contributed by atoms with E-state index in [-0.39, 0.29) is 17.0 Å². The first kappa shape index (κ1) is 23.8. The van der Waals surface area contributed by atoms with Crippen LogP contribution in [0.15, 0.2) is 41.3 Å². The third-order valence-corrected chi connectivity index (χ3v) is 6.90. The second-order valence-electron chi connectivity index (χ2n) is 8.32. The first-order valence-corrected chi connectivity index (χ1v) is 11.9. The smallest absolute Gasteiger partial charge is 0.225 e. The number of ether oxygens (including phenoxy) is 1. The summed E-state index contributed by atoms with van der Waals surface area (Å²) in [4.78, 5) is 17.6. The summed E-state index contributed by atoms with van der Waals surface area (Å²) in [6.07, 6.45) is 0.890. The van der Waals surface area contributed by atoms with Crippen molar-refractivity contribution in [2.75, 3.05) is 18.1 Å². The van der Waals surface area contributed by atoms with Crippen molar-refractivity contribution in [3.63, 3.8) is 0 Å². The Bertz CT molecular complexity index is 927. The van der Waals surface area contributed by atoms with Gasteiger partial charge in [-0.25, -0.2) is 0 Å². The predicted octanol–water partition coefficient (Wildman–Crippen LogP) is 6.09. The molecule has 1 atom stereocenters. The standard InChI is InChI=1S/C24H31ClN2O3S/c1-15(2)26(16(3)4)11-6-12-30-22-10-8-19(29)14-20(22)24-27(17(5)28)21-9-7-18(25)13-23(21)31-24/h7-10,13-16,24,29H,6,11-12H2,1-5H3. The van der Waals surface area contributed by atoms with Gasteiger partial charge in [-0.15, -0.1) is 0 Å². The fourth-order valence-electron chi connectivity index (χ4n) is 4.02. The number of halogens is 1. The third kappa shape index (κ3) is 5.48. The Morgan fingerprint density at radius 1 is 1.19 bits per heavy atom. The Balaban J connectivity index is 1.79. The highest BCUT2D eigenvalue weighted by Crippen LogP contribution is 2.54. The molecule has 0 radical (unpaired) electrons. The van der Waals surface area contributed by atoms with Crippen LogP contribution in [-0.2, 0) is 4.79 Å². The maximum atomic E-state index is 12.5. The van der Waals surface area contributed by atoms with E-state index in [1.807, 2.05) is 12.1 Å². The van der Waals surface area contributed by atoms with E-state index < -0.39 is 0 Å². The first-order valence-electron chi connectivity index (χ1n) is 10.7. The maximum Gasteiger partial charge on any atom is 0.225 e. The molecule has 0 saturated carbocycles. The Kier molecular flexibility index (Phi) is 7.78. The molecular weight excluding hydrogens is 432 g/mol. The normalized spacial score (nSPS) is 15.8. The molecule has 0 aromatic heterocycles. The van der Waals surface area contributed by atoms with Crippen LogP contribution in [0.4, 0.5) is 5.69 Å². The molecule has 1 aliphatic rings. The molecule has 31 heavy (non-hydrogen) atoms. The second-order valence-corrected chi connectivity index (χ2v) is 9.88. The zero-order chi connectivity index (χ0) is 22.7. The van der Waals surface area contributed by atoms with E-state index in [1.54, 1.807) is 36.1 Å². The Labute approximate surface area is 194 Å². The topological polar surface area (TPSA) is 53.0 Å². The number of hydrogen-bond acceptors (Lipinski definition) is 5. The van der Waals surface area contributed by atoms with Crippen molar-refractivity contribution in [3.8, 4) is 11.5 Å². The first-order chi connectivity index (χ1) is 14.7. The largest absolute Gasteiger partial charge is 0.508 e. The van der Waals surface area contributed by atoms with Crippen molar-refractivity contribution in [2.24, 2.45) is 0 Å². The summed E-state index contributed by atoms with van der Waals surface area (Å²) in [7, 11) is 0. The van der Waals surface area contributed by atoms with Gasteiger partial charge in [0.2, 0.25) is 5.91 Å². The van der Waals surface area contributed by atoms with E-state index in [0.717, 1.165) is 29.1 Å². The minimum absolute atomic E-state index is 0.0719. The van der Waals surface area contributed by atoms with Crippen LogP contribution in [0.2, 0.25) is 5.02 Å². The lowest BCUT2D eigenvalue weighted by Gasteiger charge is -2.30. The van der Waals surface area contributed by atoms with Crippen molar-refractivity contribution in [1.82, 2.24) is 4.90 Å². The van der Waals surface area contributed by atoms with Gasteiger partial charge in [-0.3, -0.25) is 14.6 Å². The quantitative estimate of drug-likeness (QED) is 0.481. The molecule has 1 N–H and O–H groups in total. The molecule has 2 aromatic carbocycles. The number of fused-ring (bicyclic) bond motifs is 1. The van der Waals surface area contributed by atoms with Crippen LogP contribution in [-0.4, -0.2) is 41.1 Å². The molecule has 1 aliphatic heterocycles. The molecule has 1 unspecified atom stereocenters. The minimum atomic E-state index is -0.323. The van der Waals surface area contributed by atoms with Crippen LogP contribution in [0.25, 0.3) is 0 Å². The average molecular weight is 463 g/mol. The number of phenolic OH excluding ortho intramolecular Hbond substituents is 1. The van der Waals surface area contributed by atoms with Gasteiger partial charge >= 0.3 is 0 Å². The Morgan fingerprint density at radius 2 is 1.90 bits per heavy atom. The highest BCUT2D eigenvalue weighted by molar-refractivity contribution is 8.00. The minimum Gasteiger partial charge on any atom is -0.508 e. The monoisotopic (exact) mass is 462 g/mol. The summed E-state index contributed by atoms with van der Waals surface area (Å²) >= 11 is 7.71. The number of amides is 1. The molecule has 1 heterocycles. The molecule has 1 amide bonds. The number of nitrogens with zero attached hydrogens (tertiary/aromatic N) is 2. The summed E-state index contributed by atoms with van der Waals surface area (Å²) < 4.78 is 6.15. The zero-order valence-electron chi connectivity index (χ0n) is 18.8. The van der Waals surface area contributed by atoms with Gasteiger partial charge in [-0.1, -0.05) is 23.4 Å². The van der Waals surface area contributed by atoms with Gasteiger partial charge in [0.25, 0.3) is 0 Å². The van der Waals surface area contributed by atoms with Crippen molar-refractivity contribution >= 4 is 35.0 Å². The summed E-state index contributed by atoms with van der Waals surface area (Å²) in [5.41, 5.74) is 1.60. The molecule has 7 heteroatoms. The van der Waals surface area contributed by atoms with Crippen LogP contribution in [0.1, 0.15) is 52.0 Å². The molecule has 3 rings (SSSR count). The van der Waals surface area contributed by atoms with Gasteiger partial charge in [0.15, 0.2) is 0 Å². The van der Waals surface area contributed by atoms with Gasteiger partial charge in [-0.05, 0) is 70.5 Å². The zero-order valence-corrected chi connectivity index (χ0v) is 20.3. The van der Waals surface area contributed by atoms with E-state index in [4.69, 9.17) is 16.3 Å². The Morgan fingerprint density at radius 3 is 2.55 bits per heavy atom. The molecule has 0 spiro atoms. The number of anilines is 1. The SMILES string of the molecule is CC(=O)N1c2ccc(Cl)cc2SC1c1cc(O)ccc1OCCCN(C(C)C)C(C)C. The van der Waals surface area contributed by atoms with Crippen molar-refractivity contribution in [1.29, 1.82) is 0 Å². The number of thioether (sulfide) groups is 1. The van der Waals surface area contributed by atoms with E-state index in [9.17, 15) is 9.90 Å². The summed E-state index contributed by atoms with van der Waals surface area (Å²) in [5.74, 6) is 0.754. The molecule has 2 aromatic rings. The molecule has 168 valence electrons. The lowest BCUT2D eigenvalue weighted by Crippen LogP contribution is -2.38. The summed E-state index contributed by atoms with van der Waals surface area (Å²) in [5, 5.41) is 10.5. The summed E-state index contributed by atoms with van der Waals surface area (Å²) in [6, 6.07) is 11.6. The number of carbonyl (C=O) groups excluding carboxylic acids is 1. The molecule has 0 fully saturated rings. The van der Waals surface area contributed by atoms with Crippen molar-refractivity contribution in [2.45, 2.75) is 63.4 Å². The predicted molar refractivity (Wildman–Crippen MR) is 128 cm³/mol. The highest BCUT2D eigenvalue weighted by Gasteiger charge is 2.36. The van der Waals surface area contributed by atoms with Crippen LogP contribution >= 0.6 is 23.4 Å². The number of rotatable bonds is 8. The number of carbonyl (C=O) groups is 1. The van der Waals surface area contributed by atoms with Crippen molar-refractivity contribution in [3.05, 3.63) is 47.0 Å². The van der Waals surface area contributed by atoms with Gasteiger partial charge in [0.1, 0.15) is 16.9 Å². The fraction of sp³-hybridized carbons (Fsp3) is 0.458. The second kappa shape index (κ2) is 10.2. The molecule has 5 nitrogen and oxygen atoms in total. The third-order valence-electron chi connectivity index (χ3n) is 5.40. The Hall–Kier alpha value is -1.89. The van der Waals surface area contributed by atoms with Gasteiger partial charge in [0.05, 0.1) is 12.3 Å². The van der Waals surface area contributed by atoms with Gasteiger partial charge in [-0.2, -0.15) is 0 Å². The molecular formula is C24H31ClN2O3S. The molecule has 0 saturated heterocycles. The highest BCUT2D eigenvalue weighted by atomic mass is 35.5. The van der Waals surface area contributed by atoms with Gasteiger partial charge < -0.3 is 9.84 Å². The van der Waals surface area contributed by atoms with Crippen LogP contribution in [0.3, 0.4) is 0 Å². The average Bonchev–Trinajstić information content (AvgIpc) is 3.06. The van der Waals surface area contributed by atoms with E-state index in [1.165, 1.54) is 11.8 Å². The van der Waals surface area contributed by atoms with Crippen molar-refractivity contribution < 1.29 is 14.6 Å². The lowest BCUT2D eigenvalue weighted by atomic mass is 10.1. The van der Waals surface area contributed by atoms with E-state index in [0.29, 0.717) is 29.5 Å². The van der Waals surface area contributed by atoms with E-state index in [2.05, 4.69) is 32.6 Å². The molecule has 0 bridgehead atoms. The van der Waals surface area contributed by atoms with Crippen LogP contribution < -0.4 is 9.64 Å². The van der Waals surface area contributed by atoms with E-state index >= 15 is 0 Å². The number of phenols is 1. The number of aromatic hydroxyl groups is 1. The summed E-state index contributed by atoms with van der Waals surface area (Å²) in [6.45, 7) is 11.9. The molecule has 0 aliphatic carbocycles. The van der Waals surface area contributed by atoms with Crippen LogP contribution in [0, 0.1) is 0 Å². The maximum absolute atomic E-state index is 12.5. The van der Waals surface area contributed by atoms with Crippen LogP contribution in [0.5, 0.6) is 11.5 Å². The van der Waals surface area contributed by atoms with Gasteiger partial charge in [0, 0.05) is 41.0 Å². The number of benzene rings is 2. The number of hydrogen-bond donors (Lipinski definition) is 1. The fourth-order valence-corrected chi connectivity index (χ4v) is 5.66. The lowest BCUT2D eigenvalue weighted by molar-refractivity contribution is -0.116.